The van der Waals surface area contributed by atoms with Crippen molar-refractivity contribution < 1.29 is 9.59 Å². The van der Waals surface area contributed by atoms with Crippen LogP contribution in [-0.4, -0.2) is 23.6 Å². The maximum Gasteiger partial charge on any atom is 0.267 e. The molecule has 0 atom stereocenters. The lowest BCUT2D eigenvalue weighted by molar-refractivity contribution is -0.112. The van der Waals surface area contributed by atoms with Crippen LogP contribution in [0.5, 0.6) is 0 Å². The summed E-state index contributed by atoms with van der Waals surface area (Å²) in [5, 5.41) is 11.9. The maximum atomic E-state index is 12.3. The van der Waals surface area contributed by atoms with E-state index in [4.69, 9.17) is 0 Å². The Bertz CT molecular complexity index is 818. The number of anilines is 1. The Morgan fingerprint density at radius 1 is 1.12 bits per heavy atom. The third-order valence-electron chi connectivity index (χ3n) is 3.54. The van der Waals surface area contributed by atoms with Gasteiger partial charge in [-0.1, -0.05) is 30.3 Å². The number of ketones is 1. The van der Waals surface area contributed by atoms with Crippen molar-refractivity contribution in [1.82, 2.24) is 4.90 Å². The largest absolute Gasteiger partial charge is 0.375 e. The van der Waals surface area contributed by atoms with E-state index in [9.17, 15) is 14.9 Å². The molecule has 0 saturated carbocycles. The molecule has 126 valence electrons. The Kier molecular flexibility index (Phi) is 6.08. The minimum absolute atomic E-state index is 0.00840. The lowest BCUT2D eigenvalue weighted by Gasteiger charge is -2.15. The predicted molar refractivity (Wildman–Crippen MR) is 96.7 cm³/mol. The molecular formula is C20H19N3O2. The Morgan fingerprint density at radius 3 is 2.32 bits per heavy atom. The van der Waals surface area contributed by atoms with Gasteiger partial charge in [0, 0.05) is 31.0 Å². The van der Waals surface area contributed by atoms with Crippen LogP contribution in [0.15, 0.2) is 66.4 Å². The van der Waals surface area contributed by atoms with Crippen LogP contribution in [0.4, 0.5) is 5.69 Å². The molecule has 0 aromatic heterocycles. The third kappa shape index (κ3) is 5.33. The first-order valence-corrected chi connectivity index (χ1v) is 7.78. The van der Waals surface area contributed by atoms with E-state index >= 15 is 0 Å². The van der Waals surface area contributed by atoms with E-state index in [2.05, 4.69) is 5.32 Å². The van der Waals surface area contributed by atoms with Crippen molar-refractivity contribution in [3.05, 3.63) is 77.5 Å². The average molecular weight is 333 g/mol. The summed E-state index contributed by atoms with van der Waals surface area (Å²) in [5.74, 6) is -0.531. The second-order valence-corrected chi connectivity index (χ2v) is 5.64. The van der Waals surface area contributed by atoms with Gasteiger partial charge in [0.25, 0.3) is 5.91 Å². The van der Waals surface area contributed by atoms with Gasteiger partial charge in [-0.3, -0.25) is 9.59 Å². The second-order valence-electron chi connectivity index (χ2n) is 5.64. The zero-order valence-corrected chi connectivity index (χ0v) is 14.2. The first kappa shape index (κ1) is 18.0. The molecule has 0 aliphatic carbocycles. The molecule has 1 amide bonds. The summed E-state index contributed by atoms with van der Waals surface area (Å²) in [6, 6.07) is 18.2. The number of carbonyl (C=O) groups is 2. The van der Waals surface area contributed by atoms with Gasteiger partial charge in [0.15, 0.2) is 5.78 Å². The van der Waals surface area contributed by atoms with Gasteiger partial charge >= 0.3 is 0 Å². The van der Waals surface area contributed by atoms with E-state index in [1.54, 1.807) is 36.2 Å². The van der Waals surface area contributed by atoms with Crippen molar-refractivity contribution in [3.8, 4) is 6.07 Å². The van der Waals surface area contributed by atoms with E-state index in [0.29, 0.717) is 17.8 Å². The molecule has 0 aliphatic rings. The van der Waals surface area contributed by atoms with Crippen LogP contribution in [-0.2, 0) is 11.3 Å². The van der Waals surface area contributed by atoms with Gasteiger partial charge in [-0.2, -0.15) is 5.26 Å². The molecule has 0 saturated heterocycles. The first-order valence-electron chi connectivity index (χ1n) is 7.78. The van der Waals surface area contributed by atoms with Crippen LogP contribution < -0.4 is 5.32 Å². The number of amides is 1. The number of Topliss-reactive ketones (excluding diaryl/α,β-unsaturated/α-hetero) is 1. The summed E-state index contributed by atoms with van der Waals surface area (Å²) in [4.78, 5) is 25.3. The number of benzene rings is 2. The fraction of sp³-hybridized carbons (Fsp3) is 0.150. The van der Waals surface area contributed by atoms with Crippen LogP contribution in [0.1, 0.15) is 22.8 Å². The number of hydrogen-bond acceptors (Lipinski definition) is 4. The molecule has 0 spiro atoms. The predicted octanol–water partition coefficient (Wildman–Crippen LogP) is 3.37. The van der Waals surface area contributed by atoms with Gasteiger partial charge in [0.2, 0.25) is 0 Å². The summed E-state index contributed by atoms with van der Waals surface area (Å²) < 4.78 is 0. The number of nitrogens with zero attached hydrogens (tertiary/aromatic N) is 2. The highest BCUT2D eigenvalue weighted by molar-refractivity contribution is 6.06. The quantitative estimate of drug-likeness (QED) is 0.500. The zero-order chi connectivity index (χ0) is 18.2. The highest BCUT2D eigenvalue weighted by Crippen LogP contribution is 2.12. The van der Waals surface area contributed by atoms with Crippen molar-refractivity contribution in [1.29, 1.82) is 5.26 Å². The van der Waals surface area contributed by atoms with Gasteiger partial charge < -0.3 is 10.2 Å². The van der Waals surface area contributed by atoms with E-state index < -0.39 is 5.91 Å². The monoisotopic (exact) mass is 333 g/mol. The summed E-state index contributed by atoms with van der Waals surface area (Å²) in [6.45, 7) is 2.07. The number of nitriles is 1. The van der Waals surface area contributed by atoms with Crippen molar-refractivity contribution in [2.24, 2.45) is 0 Å². The molecule has 2 aromatic rings. The van der Waals surface area contributed by atoms with Crippen LogP contribution in [0, 0.1) is 11.3 Å². The maximum absolute atomic E-state index is 12.3. The Morgan fingerprint density at radius 2 is 1.76 bits per heavy atom. The molecule has 0 bridgehead atoms. The Hall–Kier alpha value is -3.39. The normalized spacial score (nSPS) is 10.7. The molecule has 5 heteroatoms. The molecule has 2 aromatic carbocycles. The Labute approximate surface area is 147 Å². The van der Waals surface area contributed by atoms with Crippen LogP contribution in [0.3, 0.4) is 0 Å². The average Bonchev–Trinajstić information content (AvgIpc) is 2.61. The van der Waals surface area contributed by atoms with Crippen LogP contribution >= 0.6 is 0 Å². The number of carbonyl (C=O) groups excluding carboxylic acids is 2. The van der Waals surface area contributed by atoms with Gasteiger partial charge in [0.05, 0.1) is 0 Å². The van der Waals surface area contributed by atoms with Gasteiger partial charge in [0.1, 0.15) is 11.6 Å². The lowest BCUT2D eigenvalue weighted by atomic mass is 10.1. The summed E-state index contributed by atoms with van der Waals surface area (Å²) in [7, 11) is 1.80. The molecule has 2 rings (SSSR count). The minimum Gasteiger partial charge on any atom is -0.375 e. The molecule has 5 nitrogen and oxygen atoms in total. The Balaban J connectivity index is 2.04. The van der Waals surface area contributed by atoms with Gasteiger partial charge in [-0.25, -0.2) is 0 Å². The molecule has 25 heavy (non-hydrogen) atoms. The summed E-state index contributed by atoms with van der Waals surface area (Å²) in [5.41, 5.74) is 2.19. The molecule has 0 unspecified atom stereocenters. The molecule has 0 fully saturated rings. The SMILES string of the molecule is CC(=O)c1ccc(NC(=O)/C(C#N)=C\N(C)Cc2ccccc2)cc1. The van der Waals surface area contributed by atoms with E-state index in [-0.39, 0.29) is 11.4 Å². The lowest BCUT2D eigenvalue weighted by Crippen LogP contribution is -2.18. The van der Waals surface area contributed by atoms with Crippen molar-refractivity contribution in [2.75, 3.05) is 12.4 Å². The minimum atomic E-state index is -0.488. The fourth-order valence-corrected chi connectivity index (χ4v) is 2.26. The standard InChI is InChI=1S/C20H19N3O2/c1-15(24)17-8-10-19(11-9-17)22-20(25)18(12-21)14-23(2)13-16-6-4-3-5-7-16/h3-11,14H,13H2,1-2H3,(H,22,25)/b18-14-. The summed E-state index contributed by atoms with van der Waals surface area (Å²) >= 11 is 0. The van der Waals surface area contributed by atoms with Crippen LogP contribution in [0.25, 0.3) is 0 Å². The highest BCUT2D eigenvalue weighted by Gasteiger charge is 2.11. The van der Waals surface area contributed by atoms with E-state index in [0.717, 1.165) is 5.56 Å². The highest BCUT2D eigenvalue weighted by atomic mass is 16.1. The van der Waals surface area contributed by atoms with Crippen LogP contribution in [0.2, 0.25) is 0 Å². The molecule has 0 aliphatic heterocycles. The summed E-state index contributed by atoms with van der Waals surface area (Å²) in [6.07, 6.45) is 1.52. The molecule has 0 radical (unpaired) electrons. The third-order valence-corrected chi connectivity index (χ3v) is 3.54. The number of hydrogen-bond donors (Lipinski definition) is 1. The fourth-order valence-electron chi connectivity index (χ4n) is 2.26. The number of rotatable bonds is 6. The first-order chi connectivity index (χ1) is 12.0. The van der Waals surface area contributed by atoms with Crippen molar-refractivity contribution >= 4 is 17.4 Å². The van der Waals surface area contributed by atoms with E-state index in [1.807, 2.05) is 36.4 Å². The van der Waals surface area contributed by atoms with Crippen molar-refractivity contribution in [3.63, 3.8) is 0 Å². The topological polar surface area (TPSA) is 73.2 Å². The van der Waals surface area contributed by atoms with E-state index in [1.165, 1.54) is 13.1 Å². The molecule has 0 heterocycles. The second kappa shape index (κ2) is 8.46. The zero-order valence-electron chi connectivity index (χ0n) is 14.2. The van der Waals surface area contributed by atoms with Gasteiger partial charge in [-0.15, -0.1) is 0 Å². The number of nitrogens with one attached hydrogen (secondary N) is 1. The van der Waals surface area contributed by atoms with Crippen molar-refractivity contribution in [2.45, 2.75) is 13.5 Å². The molecule has 1 N–H and O–H groups in total. The smallest absolute Gasteiger partial charge is 0.267 e. The molecular weight excluding hydrogens is 314 g/mol. The van der Waals surface area contributed by atoms with Gasteiger partial charge in [-0.05, 0) is 36.8 Å².